The Hall–Kier alpha value is -3.46. The first-order chi connectivity index (χ1) is 17.7. The number of rotatable bonds is 10. The van der Waals surface area contributed by atoms with Crippen molar-refractivity contribution in [2.45, 2.75) is 33.3 Å². The molecular weight excluding hydrogens is 539 g/mol. The van der Waals surface area contributed by atoms with Gasteiger partial charge in [-0.1, -0.05) is 0 Å². The summed E-state index contributed by atoms with van der Waals surface area (Å²) in [7, 11) is 1.57. The van der Waals surface area contributed by atoms with Gasteiger partial charge >= 0.3 is 184 Å². The molecule has 0 fully saturated rings. The van der Waals surface area contributed by atoms with Crippen molar-refractivity contribution in [3.05, 3.63) is 53.1 Å². The molecule has 0 aliphatic rings. The van der Waals surface area contributed by atoms with Gasteiger partial charge in [-0.3, -0.25) is 0 Å². The summed E-state index contributed by atoms with van der Waals surface area (Å²) >= 11 is -0.0697. The van der Waals surface area contributed by atoms with Crippen LogP contribution in [0.2, 0.25) is 0 Å². The number of fused-ring (bicyclic) bond motifs is 1. The number of esters is 1. The average Bonchev–Trinajstić information content (AvgIpc) is 3.30. The predicted molar refractivity (Wildman–Crippen MR) is 143 cm³/mol. The number of anilines is 2. The van der Waals surface area contributed by atoms with Crippen molar-refractivity contribution in [1.29, 1.82) is 0 Å². The number of nitrogens with zero attached hydrogens (tertiary/aromatic N) is 3. The first-order valence-electron chi connectivity index (χ1n) is 11.9. The molecular formula is C27H30N4O5Se. The molecule has 1 N–H and O–H groups in total. The third-order valence-corrected chi connectivity index (χ3v) is 7.36. The van der Waals surface area contributed by atoms with Gasteiger partial charge in [0.25, 0.3) is 0 Å². The summed E-state index contributed by atoms with van der Waals surface area (Å²) in [5, 5.41) is 4.34. The van der Waals surface area contributed by atoms with Gasteiger partial charge in [-0.2, -0.15) is 0 Å². The number of carbonyl (C=O) groups is 1. The van der Waals surface area contributed by atoms with Crippen LogP contribution in [0, 0.1) is 0 Å². The van der Waals surface area contributed by atoms with Crippen molar-refractivity contribution in [3.63, 3.8) is 0 Å². The topological polar surface area (TPSA) is 105 Å². The fourth-order valence-corrected chi connectivity index (χ4v) is 5.37. The minimum atomic E-state index is -0.260. The third kappa shape index (κ3) is 7.29. The molecule has 9 nitrogen and oxygen atoms in total. The molecule has 0 amide bonds. The summed E-state index contributed by atoms with van der Waals surface area (Å²) in [6.07, 6.45) is 1.69. The molecule has 4 aromatic rings. The van der Waals surface area contributed by atoms with Gasteiger partial charge in [0.1, 0.15) is 0 Å². The Morgan fingerprint density at radius 2 is 1.89 bits per heavy atom. The maximum absolute atomic E-state index is 12.2. The van der Waals surface area contributed by atoms with Crippen LogP contribution in [0.15, 0.2) is 48.7 Å². The molecule has 194 valence electrons. The van der Waals surface area contributed by atoms with Crippen LogP contribution in [-0.4, -0.2) is 68.0 Å². The van der Waals surface area contributed by atoms with E-state index in [1.54, 1.807) is 19.4 Å². The van der Waals surface area contributed by atoms with Crippen LogP contribution in [0.4, 0.5) is 11.5 Å². The average molecular weight is 570 g/mol. The van der Waals surface area contributed by atoms with Gasteiger partial charge in [-0.25, -0.2) is 0 Å². The van der Waals surface area contributed by atoms with Gasteiger partial charge in [-0.15, -0.1) is 0 Å². The second-order valence-electron chi connectivity index (χ2n) is 9.03. The number of pyridine rings is 1. The normalized spacial score (nSPS) is 11.4. The zero-order valence-corrected chi connectivity index (χ0v) is 23.2. The number of methoxy groups -OCH3 is 1. The van der Waals surface area contributed by atoms with Crippen LogP contribution < -0.4 is 14.8 Å². The van der Waals surface area contributed by atoms with Crippen LogP contribution in [-0.2, 0) is 9.47 Å². The van der Waals surface area contributed by atoms with Gasteiger partial charge in [-0.05, 0) is 20.8 Å². The van der Waals surface area contributed by atoms with Gasteiger partial charge in [0, 0.05) is 0 Å². The van der Waals surface area contributed by atoms with Crippen molar-refractivity contribution in [2.24, 2.45) is 0 Å². The molecule has 1 aromatic carbocycles. The Morgan fingerprint density at radius 3 is 2.59 bits per heavy atom. The fourth-order valence-electron chi connectivity index (χ4n) is 3.41. The number of nitrogens with one attached hydrogen (secondary N) is 1. The molecule has 0 spiro atoms. The Labute approximate surface area is 221 Å². The van der Waals surface area contributed by atoms with E-state index in [2.05, 4.69) is 20.3 Å². The van der Waals surface area contributed by atoms with E-state index >= 15 is 0 Å². The van der Waals surface area contributed by atoms with E-state index in [9.17, 15) is 4.79 Å². The van der Waals surface area contributed by atoms with E-state index in [0.717, 1.165) is 20.9 Å². The molecule has 0 aliphatic carbocycles. The summed E-state index contributed by atoms with van der Waals surface area (Å²) in [6, 6.07) is 13.6. The van der Waals surface area contributed by atoms with E-state index in [1.165, 1.54) is 0 Å². The summed E-state index contributed by atoms with van der Waals surface area (Å²) in [5.41, 5.74) is 2.01. The Bertz CT molecular complexity index is 1370. The molecule has 10 heteroatoms. The predicted octanol–water partition coefficient (Wildman–Crippen LogP) is 4.87. The van der Waals surface area contributed by atoms with E-state index < -0.39 is 0 Å². The third-order valence-electron chi connectivity index (χ3n) is 5.06. The zero-order chi connectivity index (χ0) is 26.4. The first kappa shape index (κ1) is 26.6. The van der Waals surface area contributed by atoms with Gasteiger partial charge in [0.2, 0.25) is 0 Å². The first-order valence-corrected chi connectivity index (χ1v) is 13.6. The number of benzene rings is 1. The van der Waals surface area contributed by atoms with Crippen molar-refractivity contribution in [1.82, 2.24) is 15.0 Å². The van der Waals surface area contributed by atoms with E-state index in [-0.39, 0.29) is 32.1 Å². The Balaban J connectivity index is 1.59. The molecule has 0 atom stereocenters. The van der Waals surface area contributed by atoms with Crippen molar-refractivity contribution >= 4 is 41.6 Å². The van der Waals surface area contributed by atoms with Gasteiger partial charge < -0.3 is 4.74 Å². The molecule has 3 aromatic heterocycles. The summed E-state index contributed by atoms with van der Waals surface area (Å²) in [6.45, 7) is 8.86. The molecule has 0 saturated carbocycles. The number of hydrogen-bond donors (Lipinski definition) is 1. The second kappa shape index (κ2) is 11.7. The second-order valence-corrected chi connectivity index (χ2v) is 11.3. The Kier molecular flexibility index (Phi) is 8.43. The molecule has 0 radical (unpaired) electrons. The molecule has 0 bridgehead atoms. The van der Waals surface area contributed by atoms with E-state index in [4.69, 9.17) is 18.9 Å². The Morgan fingerprint density at radius 1 is 1.05 bits per heavy atom. The molecule has 3 heterocycles. The van der Waals surface area contributed by atoms with Crippen molar-refractivity contribution in [2.75, 3.05) is 32.2 Å². The number of ether oxygens (including phenoxy) is 4. The minimum absolute atomic E-state index is 0.0697. The van der Waals surface area contributed by atoms with E-state index in [1.807, 2.05) is 64.1 Å². The summed E-state index contributed by atoms with van der Waals surface area (Å²) in [5.74, 6) is 0.825. The van der Waals surface area contributed by atoms with Crippen LogP contribution >= 0.6 is 0 Å². The summed E-state index contributed by atoms with van der Waals surface area (Å²) < 4.78 is 23.8. The van der Waals surface area contributed by atoms with Gasteiger partial charge in [0.05, 0.1) is 12.7 Å². The molecule has 0 aliphatic heterocycles. The monoisotopic (exact) mass is 570 g/mol. The molecule has 37 heavy (non-hydrogen) atoms. The standard InChI is InChI=1S/C27H30N4O5Se/c1-6-34-25(32)22-14-18-13-19(8-9-21(18)37-22)29-23-15-20(17-7-10-24(33-5)28-16-17)30-26(31-23)35-11-12-36-27(2,3)4/h7-10,13-16H,6,11-12H2,1-5H3,(H,29,30,31). The summed E-state index contributed by atoms with van der Waals surface area (Å²) in [4.78, 5) is 25.6. The fraction of sp³-hybridized carbons (Fsp3) is 0.333. The van der Waals surface area contributed by atoms with Crippen LogP contribution in [0.3, 0.4) is 0 Å². The van der Waals surface area contributed by atoms with Crippen LogP contribution in [0.25, 0.3) is 20.9 Å². The maximum atomic E-state index is 12.2. The quantitative estimate of drug-likeness (QED) is 0.163. The number of hydrogen-bond acceptors (Lipinski definition) is 9. The zero-order valence-electron chi connectivity index (χ0n) is 21.5. The number of carbonyl (C=O) groups excluding carboxylic acids is 1. The van der Waals surface area contributed by atoms with Crippen LogP contribution in [0.5, 0.6) is 11.9 Å². The molecule has 0 saturated heterocycles. The van der Waals surface area contributed by atoms with Gasteiger partial charge in [0.15, 0.2) is 0 Å². The van der Waals surface area contributed by atoms with Crippen molar-refractivity contribution in [3.8, 4) is 23.1 Å². The molecule has 4 rings (SSSR count). The SMILES string of the molecule is CCOC(=O)c1cc2cc(Nc3cc(-c4ccc(OC)nc4)nc(OCCOC(C)(C)C)n3)ccc2[se]1. The van der Waals surface area contributed by atoms with Crippen molar-refractivity contribution < 1.29 is 23.7 Å². The van der Waals surface area contributed by atoms with Crippen LogP contribution in [0.1, 0.15) is 36.9 Å². The molecule has 0 unspecified atom stereocenters. The number of aromatic nitrogens is 3. The van der Waals surface area contributed by atoms with E-state index in [0.29, 0.717) is 41.6 Å².